The Labute approximate surface area is 71.6 Å². The van der Waals surface area contributed by atoms with Crippen molar-refractivity contribution in [3.8, 4) is 0 Å². The second-order valence-electron chi connectivity index (χ2n) is 3.19. The molecule has 1 aromatic heterocycles. The molecule has 68 valence electrons. The van der Waals surface area contributed by atoms with Crippen LogP contribution >= 0.6 is 0 Å². The molecule has 2 atom stereocenters. The number of hydrogen-bond donors (Lipinski definition) is 2. The van der Waals surface area contributed by atoms with Gasteiger partial charge in [-0.15, -0.1) is 0 Å². The molecule has 3 nitrogen and oxygen atoms in total. The maximum absolute atomic E-state index is 9.50. The summed E-state index contributed by atoms with van der Waals surface area (Å²) in [4.78, 5) is 0. The molecule has 0 amide bonds. The van der Waals surface area contributed by atoms with E-state index in [9.17, 15) is 10.2 Å². The van der Waals surface area contributed by atoms with E-state index in [1.165, 1.54) is 6.26 Å². The van der Waals surface area contributed by atoms with Crippen LogP contribution in [-0.2, 0) is 0 Å². The van der Waals surface area contributed by atoms with Gasteiger partial charge in [0.05, 0.1) is 12.4 Å². The molecule has 1 rings (SSSR count). The molecule has 12 heavy (non-hydrogen) atoms. The zero-order valence-corrected chi connectivity index (χ0v) is 7.27. The zero-order valence-electron chi connectivity index (χ0n) is 7.27. The van der Waals surface area contributed by atoms with Crippen molar-refractivity contribution in [1.29, 1.82) is 0 Å². The van der Waals surface area contributed by atoms with Gasteiger partial charge in [-0.1, -0.05) is 13.8 Å². The maximum Gasteiger partial charge on any atom is 0.138 e. The van der Waals surface area contributed by atoms with E-state index in [4.69, 9.17) is 4.42 Å². The number of hydrogen-bond acceptors (Lipinski definition) is 3. The van der Waals surface area contributed by atoms with Crippen LogP contribution in [0, 0.1) is 5.92 Å². The summed E-state index contributed by atoms with van der Waals surface area (Å²) in [6.45, 7) is 3.69. The standard InChI is InChI=1S/C9H14O3/c1-6(2)8(10)9(11)7-4-3-5-12-7/h3-6,8-11H,1-2H3/t8-,9+/m0/s1. The summed E-state index contributed by atoms with van der Waals surface area (Å²) in [5.41, 5.74) is 0. The first-order chi connectivity index (χ1) is 5.63. The van der Waals surface area contributed by atoms with Crippen molar-refractivity contribution in [2.45, 2.75) is 26.1 Å². The van der Waals surface area contributed by atoms with Crippen molar-refractivity contribution in [2.75, 3.05) is 0 Å². The van der Waals surface area contributed by atoms with Gasteiger partial charge >= 0.3 is 0 Å². The molecule has 0 unspecified atom stereocenters. The monoisotopic (exact) mass is 170 g/mol. The minimum Gasteiger partial charge on any atom is -0.466 e. The fraction of sp³-hybridized carbons (Fsp3) is 0.556. The Morgan fingerprint density at radius 1 is 1.33 bits per heavy atom. The van der Waals surface area contributed by atoms with Gasteiger partial charge < -0.3 is 14.6 Å². The summed E-state index contributed by atoms with van der Waals surface area (Å²) in [5, 5.41) is 19.0. The first kappa shape index (κ1) is 9.29. The summed E-state index contributed by atoms with van der Waals surface area (Å²) >= 11 is 0. The molecule has 3 heteroatoms. The second kappa shape index (κ2) is 3.74. The van der Waals surface area contributed by atoms with Crippen LogP contribution in [-0.4, -0.2) is 16.3 Å². The van der Waals surface area contributed by atoms with Crippen molar-refractivity contribution in [2.24, 2.45) is 5.92 Å². The smallest absolute Gasteiger partial charge is 0.138 e. The highest BCUT2D eigenvalue weighted by molar-refractivity contribution is 5.03. The van der Waals surface area contributed by atoms with Gasteiger partial charge in [0, 0.05) is 0 Å². The van der Waals surface area contributed by atoms with Crippen LogP contribution < -0.4 is 0 Å². The molecule has 2 N–H and O–H groups in total. The quantitative estimate of drug-likeness (QED) is 0.719. The Morgan fingerprint density at radius 3 is 2.42 bits per heavy atom. The molecule has 0 radical (unpaired) electrons. The van der Waals surface area contributed by atoms with Crippen molar-refractivity contribution in [1.82, 2.24) is 0 Å². The predicted molar refractivity (Wildman–Crippen MR) is 44.5 cm³/mol. The molecule has 0 aliphatic rings. The minimum absolute atomic E-state index is 0.0186. The summed E-state index contributed by atoms with van der Waals surface area (Å²) in [5.74, 6) is 0.432. The van der Waals surface area contributed by atoms with E-state index in [2.05, 4.69) is 0 Å². The van der Waals surface area contributed by atoms with Gasteiger partial charge in [0.25, 0.3) is 0 Å². The lowest BCUT2D eigenvalue weighted by Crippen LogP contribution is -2.23. The van der Waals surface area contributed by atoms with Gasteiger partial charge in [-0.05, 0) is 18.1 Å². The minimum atomic E-state index is -0.917. The molecule has 1 heterocycles. The topological polar surface area (TPSA) is 53.6 Å². The highest BCUT2D eigenvalue weighted by Crippen LogP contribution is 2.21. The lowest BCUT2D eigenvalue weighted by molar-refractivity contribution is -0.0204. The Bertz CT molecular complexity index is 216. The summed E-state index contributed by atoms with van der Waals surface area (Å²) in [6.07, 6.45) is -0.206. The van der Waals surface area contributed by atoms with Gasteiger partial charge in [0.15, 0.2) is 0 Å². The van der Waals surface area contributed by atoms with E-state index in [-0.39, 0.29) is 5.92 Å². The molecule has 0 aromatic carbocycles. The van der Waals surface area contributed by atoms with Gasteiger partial charge in [-0.25, -0.2) is 0 Å². The fourth-order valence-corrected chi connectivity index (χ4v) is 0.992. The number of rotatable bonds is 3. The normalized spacial score (nSPS) is 16.4. The van der Waals surface area contributed by atoms with Crippen LogP contribution in [0.2, 0.25) is 0 Å². The molecular weight excluding hydrogens is 156 g/mol. The molecule has 0 aliphatic heterocycles. The average molecular weight is 170 g/mol. The maximum atomic E-state index is 9.50. The van der Waals surface area contributed by atoms with Crippen molar-refractivity contribution in [3.63, 3.8) is 0 Å². The van der Waals surface area contributed by atoms with Gasteiger partial charge in [-0.2, -0.15) is 0 Å². The molecule has 0 aliphatic carbocycles. The van der Waals surface area contributed by atoms with E-state index in [1.807, 2.05) is 13.8 Å². The number of furan rings is 1. The van der Waals surface area contributed by atoms with Crippen molar-refractivity contribution in [3.05, 3.63) is 24.2 Å². The van der Waals surface area contributed by atoms with Crippen LogP contribution in [0.25, 0.3) is 0 Å². The lowest BCUT2D eigenvalue weighted by atomic mass is 10.0. The van der Waals surface area contributed by atoms with Crippen LogP contribution in [0.4, 0.5) is 0 Å². The Hall–Kier alpha value is -0.800. The predicted octanol–water partition coefficient (Wildman–Crippen LogP) is 1.33. The average Bonchev–Trinajstić information content (AvgIpc) is 2.53. The highest BCUT2D eigenvalue weighted by Gasteiger charge is 2.23. The molecular formula is C9H14O3. The molecule has 0 saturated carbocycles. The number of aliphatic hydroxyl groups excluding tert-OH is 2. The van der Waals surface area contributed by atoms with E-state index >= 15 is 0 Å². The Balaban J connectivity index is 2.65. The molecule has 0 saturated heterocycles. The third kappa shape index (κ3) is 1.87. The Kier molecular flexibility index (Phi) is 2.89. The van der Waals surface area contributed by atoms with E-state index in [1.54, 1.807) is 12.1 Å². The lowest BCUT2D eigenvalue weighted by Gasteiger charge is -2.18. The third-order valence-electron chi connectivity index (χ3n) is 1.84. The summed E-state index contributed by atoms with van der Waals surface area (Å²) in [6, 6.07) is 3.34. The van der Waals surface area contributed by atoms with Crippen LogP contribution in [0.5, 0.6) is 0 Å². The first-order valence-electron chi connectivity index (χ1n) is 4.02. The van der Waals surface area contributed by atoms with Gasteiger partial charge in [0.2, 0.25) is 0 Å². The molecule has 0 spiro atoms. The highest BCUT2D eigenvalue weighted by atomic mass is 16.4. The van der Waals surface area contributed by atoms with Gasteiger partial charge in [0.1, 0.15) is 11.9 Å². The third-order valence-corrected chi connectivity index (χ3v) is 1.84. The van der Waals surface area contributed by atoms with Crippen molar-refractivity contribution < 1.29 is 14.6 Å². The fourth-order valence-electron chi connectivity index (χ4n) is 0.992. The second-order valence-corrected chi connectivity index (χ2v) is 3.19. The summed E-state index contributed by atoms with van der Waals surface area (Å²) < 4.78 is 4.96. The van der Waals surface area contributed by atoms with Crippen molar-refractivity contribution >= 4 is 0 Å². The Morgan fingerprint density at radius 2 is 2.00 bits per heavy atom. The van der Waals surface area contributed by atoms with Crippen LogP contribution in [0.1, 0.15) is 25.7 Å². The van der Waals surface area contributed by atoms with E-state index in [0.29, 0.717) is 5.76 Å². The van der Waals surface area contributed by atoms with E-state index < -0.39 is 12.2 Å². The van der Waals surface area contributed by atoms with Gasteiger partial charge in [-0.3, -0.25) is 0 Å². The number of aliphatic hydroxyl groups is 2. The molecule has 0 bridgehead atoms. The van der Waals surface area contributed by atoms with E-state index in [0.717, 1.165) is 0 Å². The zero-order chi connectivity index (χ0) is 9.14. The summed E-state index contributed by atoms with van der Waals surface area (Å²) in [7, 11) is 0. The first-order valence-corrected chi connectivity index (χ1v) is 4.02. The largest absolute Gasteiger partial charge is 0.466 e. The van der Waals surface area contributed by atoms with Crippen LogP contribution in [0.15, 0.2) is 22.8 Å². The molecule has 1 aromatic rings. The van der Waals surface area contributed by atoms with Crippen LogP contribution in [0.3, 0.4) is 0 Å². The SMILES string of the molecule is CC(C)[C@H](O)[C@H](O)c1ccco1. The molecule has 0 fully saturated rings.